The first-order valence-corrected chi connectivity index (χ1v) is 8.52. The molecule has 3 rings (SSSR count). The van der Waals surface area contributed by atoms with Crippen LogP contribution in [0.1, 0.15) is 11.1 Å². The lowest BCUT2D eigenvalue weighted by atomic mass is 10.1. The number of rotatable bonds is 6. The van der Waals surface area contributed by atoms with E-state index in [4.69, 9.17) is 4.74 Å². The molecule has 0 aliphatic carbocycles. The number of hydrogen-bond donors (Lipinski definition) is 2. The van der Waals surface area contributed by atoms with Crippen molar-refractivity contribution in [2.75, 3.05) is 17.2 Å². The number of aryl methyl sites for hydroxylation is 2. The van der Waals surface area contributed by atoms with E-state index in [2.05, 4.69) is 10.6 Å². The summed E-state index contributed by atoms with van der Waals surface area (Å²) in [7, 11) is 0. The van der Waals surface area contributed by atoms with Crippen molar-refractivity contribution in [3.63, 3.8) is 0 Å². The van der Waals surface area contributed by atoms with Crippen molar-refractivity contribution in [2.45, 2.75) is 13.8 Å². The van der Waals surface area contributed by atoms with Crippen LogP contribution in [-0.4, -0.2) is 12.5 Å². The number of benzene rings is 3. The highest BCUT2D eigenvalue weighted by Crippen LogP contribution is 2.20. The van der Waals surface area contributed by atoms with Crippen LogP contribution in [0.4, 0.5) is 17.1 Å². The zero-order valence-corrected chi connectivity index (χ0v) is 15.0. The van der Waals surface area contributed by atoms with Gasteiger partial charge in [-0.3, -0.25) is 4.79 Å². The Morgan fingerprint density at radius 1 is 0.885 bits per heavy atom. The third kappa shape index (κ3) is 4.86. The lowest BCUT2D eigenvalue weighted by molar-refractivity contribution is -0.118. The molecule has 0 aliphatic heterocycles. The molecule has 0 atom stereocenters. The van der Waals surface area contributed by atoms with Crippen LogP contribution in [0.25, 0.3) is 0 Å². The summed E-state index contributed by atoms with van der Waals surface area (Å²) >= 11 is 0. The molecule has 132 valence electrons. The van der Waals surface area contributed by atoms with Gasteiger partial charge in [0.2, 0.25) is 0 Å². The van der Waals surface area contributed by atoms with Crippen molar-refractivity contribution < 1.29 is 9.53 Å². The van der Waals surface area contributed by atoms with Crippen LogP contribution in [0, 0.1) is 13.8 Å². The van der Waals surface area contributed by atoms with Gasteiger partial charge in [0.1, 0.15) is 5.75 Å². The predicted octanol–water partition coefficient (Wildman–Crippen LogP) is 5.06. The third-order valence-corrected chi connectivity index (χ3v) is 3.95. The first kappa shape index (κ1) is 17.5. The summed E-state index contributed by atoms with van der Waals surface area (Å²) < 4.78 is 5.58. The highest BCUT2D eigenvalue weighted by Gasteiger charge is 2.06. The molecule has 0 saturated heterocycles. The molecule has 0 spiro atoms. The van der Waals surface area contributed by atoms with Gasteiger partial charge < -0.3 is 15.4 Å². The zero-order valence-electron chi connectivity index (χ0n) is 15.0. The SMILES string of the molecule is Cc1ccc(C)c(NC(=O)COc2ccc(Nc3ccccc3)cc2)c1. The minimum absolute atomic E-state index is 0.0289. The van der Waals surface area contributed by atoms with E-state index in [1.54, 1.807) is 0 Å². The molecular formula is C22H22N2O2. The van der Waals surface area contributed by atoms with Gasteiger partial charge in [-0.25, -0.2) is 0 Å². The molecule has 0 unspecified atom stereocenters. The molecule has 4 heteroatoms. The second kappa shape index (κ2) is 8.21. The van der Waals surface area contributed by atoms with E-state index in [0.717, 1.165) is 28.2 Å². The fourth-order valence-electron chi connectivity index (χ4n) is 2.53. The summed E-state index contributed by atoms with van der Waals surface area (Å²) in [5.41, 5.74) is 4.94. The smallest absolute Gasteiger partial charge is 0.262 e. The minimum atomic E-state index is -0.176. The molecule has 3 aromatic rings. The number of amides is 1. The second-order valence-corrected chi connectivity index (χ2v) is 6.17. The van der Waals surface area contributed by atoms with Gasteiger partial charge in [0.15, 0.2) is 6.61 Å². The maximum absolute atomic E-state index is 12.1. The maximum Gasteiger partial charge on any atom is 0.262 e. The van der Waals surface area contributed by atoms with Gasteiger partial charge in [0, 0.05) is 17.1 Å². The van der Waals surface area contributed by atoms with E-state index in [1.807, 2.05) is 86.6 Å². The molecule has 0 bridgehead atoms. The van der Waals surface area contributed by atoms with E-state index in [-0.39, 0.29) is 12.5 Å². The molecule has 0 aliphatic rings. The Hall–Kier alpha value is -3.27. The van der Waals surface area contributed by atoms with Crippen LogP contribution in [0.5, 0.6) is 5.75 Å². The fourth-order valence-corrected chi connectivity index (χ4v) is 2.53. The van der Waals surface area contributed by atoms with Crippen molar-refractivity contribution >= 4 is 23.0 Å². The highest BCUT2D eigenvalue weighted by molar-refractivity contribution is 5.92. The Morgan fingerprint density at radius 2 is 1.58 bits per heavy atom. The monoisotopic (exact) mass is 346 g/mol. The Balaban J connectivity index is 1.53. The summed E-state index contributed by atoms with van der Waals surface area (Å²) in [5, 5.41) is 6.19. The number of carbonyl (C=O) groups excluding carboxylic acids is 1. The van der Waals surface area contributed by atoms with Crippen LogP contribution in [-0.2, 0) is 4.79 Å². The van der Waals surface area contributed by atoms with Gasteiger partial charge in [-0.1, -0.05) is 30.3 Å². The van der Waals surface area contributed by atoms with Crippen molar-refractivity contribution in [3.8, 4) is 5.75 Å². The van der Waals surface area contributed by atoms with Crippen LogP contribution < -0.4 is 15.4 Å². The highest BCUT2D eigenvalue weighted by atomic mass is 16.5. The Morgan fingerprint density at radius 3 is 2.31 bits per heavy atom. The van der Waals surface area contributed by atoms with Gasteiger partial charge >= 0.3 is 0 Å². The van der Waals surface area contributed by atoms with Crippen molar-refractivity contribution in [1.29, 1.82) is 0 Å². The average Bonchev–Trinajstić information content (AvgIpc) is 2.65. The van der Waals surface area contributed by atoms with Gasteiger partial charge in [-0.2, -0.15) is 0 Å². The van der Waals surface area contributed by atoms with Gasteiger partial charge in [-0.15, -0.1) is 0 Å². The maximum atomic E-state index is 12.1. The molecular weight excluding hydrogens is 324 g/mol. The van der Waals surface area contributed by atoms with Crippen molar-refractivity contribution in [1.82, 2.24) is 0 Å². The number of carbonyl (C=O) groups is 1. The third-order valence-electron chi connectivity index (χ3n) is 3.95. The number of anilines is 3. The van der Waals surface area contributed by atoms with Crippen molar-refractivity contribution in [3.05, 3.63) is 83.9 Å². The topological polar surface area (TPSA) is 50.4 Å². The summed E-state index contributed by atoms with van der Waals surface area (Å²) in [6, 6.07) is 23.4. The van der Waals surface area contributed by atoms with E-state index < -0.39 is 0 Å². The summed E-state index contributed by atoms with van der Waals surface area (Å²) in [5.74, 6) is 0.477. The van der Waals surface area contributed by atoms with E-state index in [0.29, 0.717) is 5.75 Å². The fraction of sp³-hybridized carbons (Fsp3) is 0.136. The normalized spacial score (nSPS) is 10.2. The quantitative estimate of drug-likeness (QED) is 0.655. The van der Waals surface area contributed by atoms with Gasteiger partial charge in [-0.05, 0) is 67.4 Å². The number of hydrogen-bond acceptors (Lipinski definition) is 3. The van der Waals surface area contributed by atoms with Crippen LogP contribution in [0.15, 0.2) is 72.8 Å². The predicted molar refractivity (Wildman–Crippen MR) is 106 cm³/mol. The number of nitrogens with one attached hydrogen (secondary N) is 2. The van der Waals surface area contributed by atoms with Gasteiger partial charge in [0.05, 0.1) is 0 Å². The van der Waals surface area contributed by atoms with Crippen molar-refractivity contribution in [2.24, 2.45) is 0 Å². The van der Waals surface area contributed by atoms with E-state index in [1.165, 1.54) is 0 Å². The molecule has 1 amide bonds. The first-order chi connectivity index (χ1) is 12.6. The summed E-state index contributed by atoms with van der Waals surface area (Å²) in [4.78, 5) is 12.1. The zero-order chi connectivity index (χ0) is 18.4. The summed E-state index contributed by atoms with van der Waals surface area (Å²) in [6.07, 6.45) is 0. The molecule has 0 heterocycles. The molecule has 2 N–H and O–H groups in total. The van der Waals surface area contributed by atoms with E-state index in [9.17, 15) is 4.79 Å². The lowest BCUT2D eigenvalue weighted by Gasteiger charge is -2.11. The number of para-hydroxylation sites is 1. The summed E-state index contributed by atoms with van der Waals surface area (Å²) in [6.45, 7) is 3.93. The Kier molecular flexibility index (Phi) is 5.54. The Labute approximate surface area is 153 Å². The van der Waals surface area contributed by atoms with Crippen LogP contribution in [0.3, 0.4) is 0 Å². The molecule has 0 saturated carbocycles. The Bertz CT molecular complexity index is 874. The van der Waals surface area contributed by atoms with Gasteiger partial charge in [0.25, 0.3) is 5.91 Å². The second-order valence-electron chi connectivity index (χ2n) is 6.17. The molecule has 4 nitrogen and oxygen atoms in total. The first-order valence-electron chi connectivity index (χ1n) is 8.52. The molecule has 3 aromatic carbocycles. The lowest BCUT2D eigenvalue weighted by Crippen LogP contribution is -2.20. The molecule has 0 radical (unpaired) electrons. The standard InChI is InChI=1S/C22H22N2O2/c1-16-8-9-17(2)21(14-16)24-22(25)15-26-20-12-10-19(11-13-20)23-18-6-4-3-5-7-18/h3-14,23H,15H2,1-2H3,(H,24,25). The van der Waals surface area contributed by atoms with E-state index >= 15 is 0 Å². The van der Waals surface area contributed by atoms with Crippen LogP contribution in [0.2, 0.25) is 0 Å². The molecule has 26 heavy (non-hydrogen) atoms. The van der Waals surface area contributed by atoms with Crippen LogP contribution >= 0.6 is 0 Å². The molecule has 0 aromatic heterocycles. The largest absolute Gasteiger partial charge is 0.484 e. The number of ether oxygens (including phenoxy) is 1. The molecule has 0 fully saturated rings. The minimum Gasteiger partial charge on any atom is -0.484 e. The average molecular weight is 346 g/mol.